The van der Waals surface area contributed by atoms with Crippen LogP contribution in [-0.2, 0) is 17.9 Å². The highest BCUT2D eigenvalue weighted by molar-refractivity contribution is 6.33. The van der Waals surface area contributed by atoms with Crippen molar-refractivity contribution >= 4 is 29.1 Å². The number of nitrogens with zero attached hydrogens (tertiary/aromatic N) is 4. The molecule has 1 saturated heterocycles. The van der Waals surface area contributed by atoms with E-state index in [-0.39, 0.29) is 11.8 Å². The number of carbonyl (C=O) groups is 2. The zero-order valence-electron chi connectivity index (χ0n) is 22.0. The van der Waals surface area contributed by atoms with Crippen molar-refractivity contribution in [1.82, 2.24) is 14.4 Å². The molecule has 37 heavy (non-hydrogen) atoms. The molecule has 8 heteroatoms. The van der Waals surface area contributed by atoms with Crippen molar-refractivity contribution < 1.29 is 14.0 Å². The number of hydrogen-bond donors (Lipinski definition) is 0. The van der Waals surface area contributed by atoms with Gasteiger partial charge in [0.2, 0.25) is 5.91 Å². The van der Waals surface area contributed by atoms with Gasteiger partial charge in [0, 0.05) is 51.0 Å². The van der Waals surface area contributed by atoms with Crippen molar-refractivity contribution in [3.05, 3.63) is 77.0 Å². The van der Waals surface area contributed by atoms with E-state index < -0.39 is 0 Å². The molecule has 1 aromatic carbocycles. The van der Waals surface area contributed by atoms with Gasteiger partial charge < -0.3 is 23.7 Å². The molecule has 7 nitrogen and oxygen atoms in total. The first-order valence-electron chi connectivity index (χ1n) is 13.1. The summed E-state index contributed by atoms with van der Waals surface area (Å²) in [5.41, 5.74) is 2.05. The van der Waals surface area contributed by atoms with E-state index in [1.165, 1.54) is 0 Å². The smallest absolute Gasteiger partial charge is 0.289 e. The highest BCUT2D eigenvalue weighted by Crippen LogP contribution is 2.26. The molecule has 198 valence electrons. The normalized spacial score (nSPS) is 13.9. The average Bonchev–Trinajstić information content (AvgIpc) is 3.53. The zero-order chi connectivity index (χ0) is 26.4. The molecule has 3 aromatic rings. The van der Waals surface area contributed by atoms with Crippen molar-refractivity contribution in [3.63, 3.8) is 0 Å². The fourth-order valence-corrected chi connectivity index (χ4v) is 5.00. The average molecular weight is 525 g/mol. The Morgan fingerprint density at radius 1 is 1.03 bits per heavy atom. The Morgan fingerprint density at radius 2 is 1.78 bits per heavy atom. The number of benzene rings is 1. The van der Waals surface area contributed by atoms with Crippen molar-refractivity contribution in [3.8, 4) is 0 Å². The van der Waals surface area contributed by atoms with Gasteiger partial charge in [-0.15, -0.1) is 0 Å². The summed E-state index contributed by atoms with van der Waals surface area (Å²) in [7, 11) is 0. The van der Waals surface area contributed by atoms with E-state index in [9.17, 15) is 9.59 Å². The summed E-state index contributed by atoms with van der Waals surface area (Å²) in [5, 5.41) is 0.726. The van der Waals surface area contributed by atoms with Crippen LogP contribution < -0.4 is 4.90 Å². The maximum absolute atomic E-state index is 13.1. The van der Waals surface area contributed by atoms with Crippen LogP contribution in [0.2, 0.25) is 5.02 Å². The monoisotopic (exact) mass is 524 g/mol. The number of aromatic nitrogens is 1. The Balaban J connectivity index is 1.36. The van der Waals surface area contributed by atoms with Gasteiger partial charge in [0.25, 0.3) is 5.91 Å². The third-order valence-corrected chi connectivity index (χ3v) is 6.98. The molecule has 1 aliphatic heterocycles. The summed E-state index contributed by atoms with van der Waals surface area (Å²) in [5.74, 6) is 1.49. The fourth-order valence-electron chi connectivity index (χ4n) is 4.74. The van der Waals surface area contributed by atoms with Gasteiger partial charge in [0.15, 0.2) is 5.76 Å². The lowest BCUT2D eigenvalue weighted by Crippen LogP contribution is -2.48. The molecule has 0 spiro atoms. The molecular weight excluding hydrogens is 488 g/mol. The van der Waals surface area contributed by atoms with E-state index in [1.807, 2.05) is 58.5 Å². The molecule has 1 fully saturated rings. The third kappa shape index (κ3) is 6.77. The van der Waals surface area contributed by atoms with Crippen LogP contribution in [0.4, 0.5) is 5.69 Å². The van der Waals surface area contributed by atoms with Gasteiger partial charge in [-0.25, -0.2) is 0 Å². The summed E-state index contributed by atoms with van der Waals surface area (Å²) in [4.78, 5) is 31.8. The Hall–Kier alpha value is -3.19. The summed E-state index contributed by atoms with van der Waals surface area (Å²) in [6, 6.07) is 15.4. The van der Waals surface area contributed by atoms with Gasteiger partial charge in [-0.3, -0.25) is 9.59 Å². The number of amides is 2. The maximum Gasteiger partial charge on any atom is 0.289 e. The molecule has 0 N–H and O–H groups in total. The molecule has 2 aromatic heterocycles. The van der Waals surface area contributed by atoms with Crippen LogP contribution in [0.1, 0.15) is 55.6 Å². The summed E-state index contributed by atoms with van der Waals surface area (Å²) >= 11 is 6.34. The molecule has 0 atom stereocenters. The van der Waals surface area contributed by atoms with E-state index >= 15 is 0 Å². The van der Waals surface area contributed by atoms with Gasteiger partial charge in [0.05, 0.1) is 23.8 Å². The van der Waals surface area contributed by atoms with E-state index in [1.54, 1.807) is 6.07 Å². The summed E-state index contributed by atoms with van der Waals surface area (Å²) in [6.07, 6.45) is 3.46. The molecule has 3 heterocycles. The topological polar surface area (TPSA) is 61.9 Å². The van der Waals surface area contributed by atoms with E-state index in [0.29, 0.717) is 50.0 Å². The van der Waals surface area contributed by atoms with Gasteiger partial charge >= 0.3 is 0 Å². The molecule has 0 unspecified atom stereocenters. The number of halogens is 1. The van der Waals surface area contributed by atoms with Crippen molar-refractivity contribution in [2.45, 2.75) is 46.7 Å². The van der Waals surface area contributed by atoms with Gasteiger partial charge in [-0.05, 0) is 48.7 Å². The summed E-state index contributed by atoms with van der Waals surface area (Å²) in [6.45, 7) is 10.7. The molecule has 0 radical (unpaired) electrons. The van der Waals surface area contributed by atoms with Crippen LogP contribution in [0.3, 0.4) is 0 Å². The van der Waals surface area contributed by atoms with Gasteiger partial charge in [0.1, 0.15) is 5.76 Å². The summed E-state index contributed by atoms with van der Waals surface area (Å²) < 4.78 is 8.07. The van der Waals surface area contributed by atoms with Gasteiger partial charge in [-0.1, -0.05) is 44.5 Å². The number of piperazine rings is 1. The van der Waals surface area contributed by atoms with Crippen LogP contribution in [-0.4, -0.2) is 58.9 Å². The number of furan rings is 1. The van der Waals surface area contributed by atoms with Crippen molar-refractivity contribution in [2.24, 2.45) is 5.92 Å². The van der Waals surface area contributed by atoms with Crippen molar-refractivity contribution in [2.75, 3.05) is 37.6 Å². The molecular formula is C29H37ClN4O3. The fraction of sp³-hybridized carbons (Fsp3) is 0.448. The standard InChI is InChI=1S/C29H37ClN4O3/c1-4-13-34(28(35)19-22(2)3)20-23-8-7-14-33(23)21-24-11-12-27(37-24)29(36)32-17-15-31(16-18-32)26-10-6-5-9-25(26)30/h5-12,14,22H,4,13,15-21H2,1-3H3. The predicted octanol–water partition coefficient (Wildman–Crippen LogP) is 5.53. The lowest BCUT2D eigenvalue weighted by molar-refractivity contribution is -0.132. The second-order valence-corrected chi connectivity index (χ2v) is 10.4. The minimum absolute atomic E-state index is 0.0915. The van der Waals surface area contributed by atoms with Crippen molar-refractivity contribution in [1.29, 1.82) is 0 Å². The first kappa shape index (κ1) is 26.9. The minimum atomic E-state index is -0.0915. The second kappa shape index (κ2) is 12.4. The quantitative estimate of drug-likeness (QED) is 0.350. The van der Waals surface area contributed by atoms with E-state index in [2.05, 4.69) is 30.2 Å². The number of rotatable bonds is 10. The highest BCUT2D eigenvalue weighted by atomic mass is 35.5. The van der Waals surface area contributed by atoms with Crippen LogP contribution in [0.5, 0.6) is 0 Å². The molecule has 0 saturated carbocycles. The van der Waals surface area contributed by atoms with E-state index in [4.69, 9.17) is 16.0 Å². The highest BCUT2D eigenvalue weighted by Gasteiger charge is 2.25. The number of carbonyl (C=O) groups excluding carboxylic acids is 2. The first-order valence-corrected chi connectivity index (χ1v) is 13.5. The lowest BCUT2D eigenvalue weighted by Gasteiger charge is -2.36. The number of anilines is 1. The van der Waals surface area contributed by atoms with Crippen LogP contribution in [0.15, 0.2) is 59.1 Å². The Labute approximate surface area is 224 Å². The van der Waals surface area contributed by atoms with E-state index in [0.717, 1.165) is 42.5 Å². The number of para-hydroxylation sites is 1. The maximum atomic E-state index is 13.1. The van der Waals surface area contributed by atoms with Crippen LogP contribution in [0.25, 0.3) is 0 Å². The van der Waals surface area contributed by atoms with Crippen LogP contribution in [0, 0.1) is 5.92 Å². The Kier molecular flexibility index (Phi) is 8.98. The molecule has 2 amide bonds. The SMILES string of the molecule is CCCN(Cc1cccn1Cc1ccc(C(=O)N2CCN(c3ccccc3Cl)CC2)o1)C(=O)CC(C)C. The molecule has 0 aliphatic carbocycles. The Morgan fingerprint density at radius 3 is 2.49 bits per heavy atom. The van der Waals surface area contributed by atoms with Crippen LogP contribution >= 0.6 is 11.6 Å². The first-order chi connectivity index (χ1) is 17.9. The second-order valence-electron chi connectivity index (χ2n) is 10.0. The molecule has 0 bridgehead atoms. The predicted molar refractivity (Wildman–Crippen MR) is 147 cm³/mol. The Bertz CT molecular complexity index is 1190. The molecule has 1 aliphatic rings. The minimum Gasteiger partial charge on any atom is -0.454 e. The molecule has 4 rings (SSSR count). The largest absolute Gasteiger partial charge is 0.454 e. The number of hydrogen-bond acceptors (Lipinski definition) is 4. The lowest BCUT2D eigenvalue weighted by atomic mass is 10.1. The third-order valence-electron chi connectivity index (χ3n) is 6.66. The zero-order valence-corrected chi connectivity index (χ0v) is 22.8. The van der Waals surface area contributed by atoms with Gasteiger partial charge in [-0.2, -0.15) is 0 Å².